The fourth-order valence-corrected chi connectivity index (χ4v) is 2.45. The summed E-state index contributed by atoms with van der Waals surface area (Å²) in [5.41, 5.74) is 0. The summed E-state index contributed by atoms with van der Waals surface area (Å²) in [7, 11) is -4.01. The molecule has 2 N–H and O–H groups in total. The monoisotopic (exact) mass is 319 g/mol. The van der Waals surface area contributed by atoms with E-state index in [1.165, 1.54) is 12.1 Å². The Morgan fingerprint density at radius 1 is 1.28 bits per heavy atom. The van der Waals surface area contributed by atoms with Crippen molar-refractivity contribution < 1.29 is 22.3 Å². The van der Waals surface area contributed by atoms with Crippen molar-refractivity contribution in [2.24, 2.45) is 0 Å². The predicted molar refractivity (Wildman–Crippen MR) is 63.7 cm³/mol. The van der Waals surface area contributed by atoms with Gasteiger partial charge in [0.2, 0.25) is 10.0 Å². The van der Waals surface area contributed by atoms with Crippen molar-refractivity contribution in [1.82, 2.24) is 4.72 Å². The lowest BCUT2D eigenvalue weighted by Gasteiger charge is -2.11. The van der Waals surface area contributed by atoms with Crippen LogP contribution >= 0.6 is 23.2 Å². The van der Waals surface area contributed by atoms with Gasteiger partial charge in [-0.15, -0.1) is 0 Å². The Hall–Kier alpha value is -0.470. The molecule has 102 valence electrons. The minimum absolute atomic E-state index is 0.0222. The standard InChI is InChI=1S/C9H9Cl2F2NO3S/c10-6-2-1-5(3-7(6)11)18(16,17)14-4-8(15)9(12)13/h1-3,8-9,14-15H,4H2. The maximum atomic E-state index is 12.0. The summed E-state index contributed by atoms with van der Waals surface area (Å²) in [4.78, 5) is -0.224. The molecule has 0 saturated heterocycles. The van der Waals surface area contributed by atoms with Crippen LogP contribution in [0, 0.1) is 0 Å². The van der Waals surface area contributed by atoms with E-state index in [4.69, 9.17) is 28.3 Å². The number of aliphatic hydroxyl groups is 1. The number of halogens is 4. The van der Waals surface area contributed by atoms with Gasteiger partial charge in [0.15, 0.2) is 0 Å². The SMILES string of the molecule is O=S(=O)(NCC(O)C(F)F)c1ccc(Cl)c(Cl)c1. The van der Waals surface area contributed by atoms with Gasteiger partial charge >= 0.3 is 0 Å². The number of benzene rings is 1. The van der Waals surface area contributed by atoms with Crippen molar-refractivity contribution in [2.75, 3.05) is 6.54 Å². The molecule has 1 rings (SSSR count). The minimum Gasteiger partial charge on any atom is -0.386 e. The summed E-state index contributed by atoms with van der Waals surface area (Å²) in [5, 5.41) is 9.00. The number of sulfonamides is 1. The third-order valence-corrected chi connectivity index (χ3v) is 4.13. The largest absolute Gasteiger partial charge is 0.386 e. The molecule has 0 aliphatic rings. The van der Waals surface area contributed by atoms with E-state index in [1.807, 2.05) is 4.72 Å². The Balaban J connectivity index is 2.83. The van der Waals surface area contributed by atoms with Crippen molar-refractivity contribution in [3.63, 3.8) is 0 Å². The second kappa shape index (κ2) is 6.12. The summed E-state index contributed by atoms with van der Waals surface area (Å²) < 4.78 is 49.2. The van der Waals surface area contributed by atoms with Crippen molar-refractivity contribution >= 4 is 33.2 Å². The smallest absolute Gasteiger partial charge is 0.265 e. The molecule has 0 aliphatic carbocycles. The van der Waals surface area contributed by atoms with Crippen LogP contribution in [0.4, 0.5) is 8.78 Å². The molecule has 9 heteroatoms. The summed E-state index contributed by atoms with van der Waals surface area (Å²) in [6.45, 7) is -0.791. The van der Waals surface area contributed by atoms with Crippen LogP contribution in [0.5, 0.6) is 0 Å². The molecular weight excluding hydrogens is 311 g/mol. The summed E-state index contributed by atoms with van der Waals surface area (Å²) in [6.07, 6.45) is -5.09. The van der Waals surface area contributed by atoms with Gasteiger partial charge in [-0.3, -0.25) is 0 Å². The normalized spacial score (nSPS) is 13.9. The molecule has 0 aliphatic heterocycles. The molecule has 0 aromatic heterocycles. The van der Waals surface area contributed by atoms with E-state index >= 15 is 0 Å². The third-order valence-electron chi connectivity index (χ3n) is 1.97. The average molecular weight is 320 g/mol. The Morgan fingerprint density at radius 2 is 1.89 bits per heavy atom. The number of rotatable bonds is 5. The summed E-state index contributed by atoms with van der Waals surface area (Å²) in [5.74, 6) is 0. The van der Waals surface area contributed by atoms with Gasteiger partial charge in [-0.05, 0) is 18.2 Å². The Kier molecular flexibility index (Phi) is 5.30. The maximum absolute atomic E-state index is 12.0. The van der Waals surface area contributed by atoms with Gasteiger partial charge in [-0.25, -0.2) is 21.9 Å². The Morgan fingerprint density at radius 3 is 2.39 bits per heavy atom. The van der Waals surface area contributed by atoms with Gasteiger partial charge in [0.05, 0.1) is 14.9 Å². The van der Waals surface area contributed by atoms with E-state index in [9.17, 15) is 17.2 Å². The lowest BCUT2D eigenvalue weighted by Crippen LogP contribution is -2.35. The van der Waals surface area contributed by atoms with Crippen LogP contribution in [-0.4, -0.2) is 32.6 Å². The van der Waals surface area contributed by atoms with E-state index < -0.39 is 29.1 Å². The van der Waals surface area contributed by atoms with Crippen LogP contribution in [0.15, 0.2) is 23.1 Å². The van der Waals surface area contributed by atoms with E-state index in [1.54, 1.807) is 0 Å². The zero-order valence-corrected chi connectivity index (χ0v) is 11.1. The number of nitrogens with one attached hydrogen (secondary N) is 1. The Labute approximate surface area is 113 Å². The molecule has 0 fully saturated rings. The first-order valence-corrected chi connectivity index (χ1v) is 6.89. The molecule has 0 saturated carbocycles. The lowest BCUT2D eigenvalue weighted by atomic mass is 10.4. The van der Waals surface area contributed by atoms with E-state index in [0.29, 0.717) is 0 Å². The molecule has 1 atom stereocenters. The topological polar surface area (TPSA) is 66.4 Å². The number of hydrogen-bond donors (Lipinski definition) is 2. The second-order valence-corrected chi connectivity index (χ2v) is 5.91. The first-order valence-electron chi connectivity index (χ1n) is 4.65. The van der Waals surface area contributed by atoms with Gasteiger partial charge < -0.3 is 5.11 Å². The number of hydrogen-bond acceptors (Lipinski definition) is 3. The molecule has 0 amide bonds. The van der Waals surface area contributed by atoms with E-state index in [2.05, 4.69) is 0 Å². The molecule has 1 aromatic carbocycles. The molecule has 4 nitrogen and oxygen atoms in total. The van der Waals surface area contributed by atoms with Crippen molar-refractivity contribution in [3.8, 4) is 0 Å². The van der Waals surface area contributed by atoms with Crippen LogP contribution in [0.3, 0.4) is 0 Å². The average Bonchev–Trinajstić information content (AvgIpc) is 2.29. The zero-order valence-electron chi connectivity index (χ0n) is 8.78. The summed E-state index contributed by atoms with van der Waals surface area (Å²) in [6, 6.07) is 3.52. The second-order valence-electron chi connectivity index (χ2n) is 3.33. The van der Waals surface area contributed by atoms with Gasteiger partial charge in [0.25, 0.3) is 6.43 Å². The molecule has 1 unspecified atom stereocenters. The summed E-state index contributed by atoms with van der Waals surface area (Å²) >= 11 is 11.3. The van der Waals surface area contributed by atoms with Crippen LogP contribution in [0.2, 0.25) is 10.0 Å². The third kappa shape index (κ3) is 4.03. The molecule has 18 heavy (non-hydrogen) atoms. The van der Waals surface area contributed by atoms with Crippen molar-refractivity contribution in [1.29, 1.82) is 0 Å². The predicted octanol–water partition coefficient (Wildman–Crippen LogP) is 1.90. The first-order chi connectivity index (χ1) is 8.24. The van der Waals surface area contributed by atoms with Crippen molar-refractivity contribution in [2.45, 2.75) is 17.4 Å². The molecule has 0 spiro atoms. The fraction of sp³-hybridized carbons (Fsp3) is 0.333. The molecule has 0 radical (unpaired) electrons. The maximum Gasteiger partial charge on any atom is 0.265 e. The minimum atomic E-state index is -4.01. The van der Waals surface area contributed by atoms with Gasteiger partial charge in [-0.2, -0.15) is 0 Å². The highest BCUT2D eigenvalue weighted by Crippen LogP contribution is 2.24. The first kappa shape index (κ1) is 15.6. The molecular formula is C9H9Cl2F2NO3S. The van der Waals surface area contributed by atoms with Gasteiger partial charge in [-0.1, -0.05) is 23.2 Å². The highest BCUT2D eigenvalue weighted by Gasteiger charge is 2.21. The van der Waals surface area contributed by atoms with Crippen molar-refractivity contribution in [3.05, 3.63) is 28.2 Å². The van der Waals surface area contributed by atoms with Crippen LogP contribution < -0.4 is 4.72 Å². The lowest BCUT2D eigenvalue weighted by molar-refractivity contribution is -0.000451. The highest BCUT2D eigenvalue weighted by atomic mass is 35.5. The quantitative estimate of drug-likeness (QED) is 0.871. The fourth-order valence-electron chi connectivity index (χ4n) is 1.01. The molecule has 0 heterocycles. The molecule has 0 bridgehead atoms. The van der Waals surface area contributed by atoms with E-state index in [-0.39, 0.29) is 14.9 Å². The Bertz CT molecular complexity index is 525. The number of aliphatic hydroxyl groups excluding tert-OH is 1. The van der Waals surface area contributed by atoms with E-state index in [0.717, 1.165) is 6.07 Å². The highest BCUT2D eigenvalue weighted by molar-refractivity contribution is 7.89. The zero-order chi connectivity index (χ0) is 13.9. The molecule has 1 aromatic rings. The van der Waals surface area contributed by atoms with Crippen LogP contribution in [0.25, 0.3) is 0 Å². The van der Waals surface area contributed by atoms with Gasteiger partial charge in [0.1, 0.15) is 6.10 Å². The van der Waals surface area contributed by atoms with Gasteiger partial charge in [0, 0.05) is 6.54 Å². The van der Waals surface area contributed by atoms with Crippen LogP contribution in [0.1, 0.15) is 0 Å². The van der Waals surface area contributed by atoms with Crippen LogP contribution in [-0.2, 0) is 10.0 Å². The number of alkyl halides is 2.